The molecule has 2 fully saturated rings. The Morgan fingerprint density at radius 2 is 1.95 bits per heavy atom. The van der Waals surface area contributed by atoms with Crippen molar-refractivity contribution in [1.82, 2.24) is 15.6 Å². The van der Waals surface area contributed by atoms with Crippen LogP contribution < -0.4 is 10.6 Å². The van der Waals surface area contributed by atoms with Crippen LogP contribution in [0.5, 0.6) is 0 Å². The molecule has 0 spiro atoms. The van der Waals surface area contributed by atoms with Crippen LogP contribution >= 0.6 is 0 Å². The van der Waals surface area contributed by atoms with Gasteiger partial charge in [0, 0.05) is 30.5 Å². The summed E-state index contributed by atoms with van der Waals surface area (Å²) < 4.78 is 0. The molecule has 4 atom stereocenters. The Balaban J connectivity index is 1.64. The number of nitrogens with zero attached hydrogens (tertiary/aromatic N) is 1. The molecule has 1 aromatic heterocycles. The molecule has 1 saturated carbocycles. The topological polar surface area (TPSA) is 37.0 Å². The van der Waals surface area contributed by atoms with E-state index in [1.807, 2.05) is 12.4 Å². The van der Waals surface area contributed by atoms with Crippen molar-refractivity contribution in [1.29, 1.82) is 0 Å². The average molecular weight is 273 g/mol. The summed E-state index contributed by atoms with van der Waals surface area (Å²) in [5.74, 6) is 0.815. The summed E-state index contributed by atoms with van der Waals surface area (Å²) >= 11 is 0. The van der Waals surface area contributed by atoms with E-state index in [-0.39, 0.29) is 0 Å². The van der Waals surface area contributed by atoms with Gasteiger partial charge in [-0.15, -0.1) is 0 Å². The highest BCUT2D eigenvalue weighted by atomic mass is 15.0. The molecule has 0 amide bonds. The monoisotopic (exact) mass is 273 g/mol. The third kappa shape index (κ3) is 3.21. The summed E-state index contributed by atoms with van der Waals surface area (Å²) in [6.07, 6.45) is 12.0. The lowest BCUT2D eigenvalue weighted by atomic mass is 9.79. The molecular formula is C17H27N3. The second-order valence-corrected chi connectivity index (χ2v) is 6.43. The van der Waals surface area contributed by atoms with E-state index in [9.17, 15) is 0 Å². The van der Waals surface area contributed by atoms with Crippen molar-refractivity contribution < 1.29 is 0 Å². The zero-order chi connectivity index (χ0) is 13.8. The molecular weight excluding hydrogens is 246 g/mol. The van der Waals surface area contributed by atoms with Crippen LogP contribution in [0.2, 0.25) is 0 Å². The first-order valence-electron chi connectivity index (χ1n) is 8.24. The van der Waals surface area contributed by atoms with E-state index in [1.54, 1.807) is 0 Å². The summed E-state index contributed by atoms with van der Waals surface area (Å²) in [5, 5.41) is 7.61. The van der Waals surface area contributed by atoms with Crippen molar-refractivity contribution in [2.24, 2.45) is 5.92 Å². The van der Waals surface area contributed by atoms with Crippen LogP contribution in [0.25, 0.3) is 0 Å². The Kier molecular flexibility index (Phi) is 4.69. The molecule has 0 radical (unpaired) electrons. The van der Waals surface area contributed by atoms with Gasteiger partial charge in [0.05, 0.1) is 0 Å². The molecule has 1 saturated heterocycles. The fourth-order valence-electron chi connectivity index (χ4n) is 3.99. The van der Waals surface area contributed by atoms with Crippen LogP contribution in [-0.4, -0.2) is 23.6 Å². The Hall–Kier alpha value is -0.930. The lowest BCUT2D eigenvalue weighted by Crippen LogP contribution is -2.47. The largest absolute Gasteiger partial charge is 0.314 e. The summed E-state index contributed by atoms with van der Waals surface area (Å²) in [7, 11) is 0. The molecule has 2 heterocycles. The summed E-state index contributed by atoms with van der Waals surface area (Å²) in [6, 6.07) is 6.09. The molecule has 1 aliphatic carbocycles. The fourth-order valence-corrected chi connectivity index (χ4v) is 3.99. The lowest BCUT2D eigenvalue weighted by molar-refractivity contribution is 0.203. The molecule has 2 aliphatic rings. The van der Waals surface area contributed by atoms with Crippen LogP contribution in [0.1, 0.15) is 57.1 Å². The smallest absolute Gasteiger partial charge is 0.0295 e. The van der Waals surface area contributed by atoms with E-state index in [2.05, 4.69) is 34.7 Å². The standard InChI is InChI=1S/C17H27N3/c1-13(14-8-11-18-12-9-14)20-17-6-3-2-5-15(17)16-7-4-10-19-16/h8-9,11-13,15-17,19-20H,2-7,10H2,1H3/t13-,15?,16?,17?/m0/s1. The van der Waals surface area contributed by atoms with Crippen molar-refractivity contribution in [2.45, 2.75) is 63.6 Å². The summed E-state index contributed by atoms with van der Waals surface area (Å²) in [5.41, 5.74) is 1.35. The minimum absolute atomic E-state index is 0.421. The van der Waals surface area contributed by atoms with E-state index in [0.29, 0.717) is 12.1 Å². The molecule has 2 N–H and O–H groups in total. The van der Waals surface area contributed by atoms with E-state index in [0.717, 1.165) is 12.0 Å². The molecule has 20 heavy (non-hydrogen) atoms. The molecule has 1 aliphatic heterocycles. The molecule has 0 aromatic carbocycles. The number of aromatic nitrogens is 1. The second-order valence-electron chi connectivity index (χ2n) is 6.43. The summed E-state index contributed by atoms with van der Waals surface area (Å²) in [6.45, 7) is 3.50. The number of hydrogen-bond acceptors (Lipinski definition) is 3. The molecule has 0 bridgehead atoms. The van der Waals surface area contributed by atoms with E-state index in [1.165, 1.54) is 50.6 Å². The van der Waals surface area contributed by atoms with Crippen LogP contribution in [0.4, 0.5) is 0 Å². The van der Waals surface area contributed by atoms with Gasteiger partial charge in [-0.05, 0) is 62.8 Å². The lowest BCUT2D eigenvalue weighted by Gasteiger charge is -2.38. The fraction of sp³-hybridized carbons (Fsp3) is 0.706. The van der Waals surface area contributed by atoms with Crippen LogP contribution in [0.15, 0.2) is 24.5 Å². The average Bonchev–Trinajstić information content (AvgIpc) is 3.03. The Morgan fingerprint density at radius 3 is 2.70 bits per heavy atom. The maximum Gasteiger partial charge on any atom is 0.0295 e. The van der Waals surface area contributed by atoms with Crippen molar-refractivity contribution in [3.05, 3.63) is 30.1 Å². The number of pyridine rings is 1. The highest BCUT2D eigenvalue weighted by molar-refractivity contribution is 5.14. The number of rotatable bonds is 4. The van der Waals surface area contributed by atoms with Crippen molar-refractivity contribution in [3.63, 3.8) is 0 Å². The maximum absolute atomic E-state index is 4.11. The maximum atomic E-state index is 4.11. The predicted molar refractivity (Wildman–Crippen MR) is 82.6 cm³/mol. The normalized spacial score (nSPS) is 32.1. The molecule has 3 heteroatoms. The van der Waals surface area contributed by atoms with E-state index < -0.39 is 0 Å². The molecule has 3 rings (SSSR count). The minimum Gasteiger partial charge on any atom is -0.314 e. The number of hydrogen-bond donors (Lipinski definition) is 2. The highest BCUT2D eigenvalue weighted by Gasteiger charge is 2.33. The number of nitrogens with one attached hydrogen (secondary N) is 2. The van der Waals surface area contributed by atoms with Gasteiger partial charge in [-0.25, -0.2) is 0 Å². The van der Waals surface area contributed by atoms with Crippen LogP contribution in [0, 0.1) is 5.92 Å². The molecule has 1 aromatic rings. The Labute approximate surface area is 122 Å². The zero-order valence-electron chi connectivity index (χ0n) is 12.5. The first kappa shape index (κ1) is 14.0. The Morgan fingerprint density at radius 1 is 1.15 bits per heavy atom. The zero-order valence-corrected chi connectivity index (χ0v) is 12.5. The molecule has 110 valence electrons. The molecule has 3 nitrogen and oxygen atoms in total. The van der Waals surface area contributed by atoms with Gasteiger partial charge < -0.3 is 10.6 Å². The van der Waals surface area contributed by atoms with Gasteiger partial charge in [0.1, 0.15) is 0 Å². The minimum atomic E-state index is 0.421. The third-order valence-electron chi connectivity index (χ3n) is 5.10. The Bertz CT molecular complexity index is 400. The second kappa shape index (κ2) is 6.68. The van der Waals surface area contributed by atoms with Crippen LogP contribution in [-0.2, 0) is 0 Å². The van der Waals surface area contributed by atoms with Crippen molar-refractivity contribution in [2.75, 3.05) is 6.54 Å². The van der Waals surface area contributed by atoms with Crippen molar-refractivity contribution >= 4 is 0 Å². The van der Waals surface area contributed by atoms with Gasteiger partial charge in [0.25, 0.3) is 0 Å². The van der Waals surface area contributed by atoms with Gasteiger partial charge in [0.15, 0.2) is 0 Å². The van der Waals surface area contributed by atoms with Gasteiger partial charge in [-0.3, -0.25) is 4.98 Å². The quantitative estimate of drug-likeness (QED) is 0.885. The first-order chi connectivity index (χ1) is 9.84. The van der Waals surface area contributed by atoms with E-state index >= 15 is 0 Å². The van der Waals surface area contributed by atoms with Crippen molar-refractivity contribution in [3.8, 4) is 0 Å². The van der Waals surface area contributed by atoms with Crippen LogP contribution in [0.3, 0.4) is 0 Å². The highest BCUT2D eigenvalue weighted by Crippen LogP contribution is 2.32. The molecule has 3 unspecified atom stereocenters. The first-order valence-corrected chi connectivity index (χ1v) is 8.24. The van der Waals surface area contributed by atoms with Gasteiger partial charge in [-0.1, -0.05) is 12.8 Å². The third-order valence-corrected chi connectivity index (χ3v) is 5.10. The summed E-state index contributed by atoms with van der Waals surface area (Å²) in [4.78, 5) is 4.11. The van der Waals surface area contributed by atoms with Gasteiger partial charge in [0.2, 0.25) is 0 Å². The van der Waals surface area contributed by atoms with Gasteiger partial charge >= 0.3 is 0 Å². The SMILES string of the molecule is C[C@H](NC1CCCCC1C1CCCN1)c1ccncc1. The van der Waals surface area contributed by atoms with E-state index in [4.69, 9.17) is 0 Å². The van der Waals surface area contributed by atoms with Gasteiger partial charge in [-0.2, -0.15) is 0 Å². The predicted octanol–water partition coefficient (Wildman–Crippen LogP) is 3.04.